The minimum Gasteiger partial charge on any atom is -0.337 e. The Morgan fingerprint density at radius 2 is 2.04 bits per heavy atom. The van der Waals surface area contributed by atoms with Crippen molar-refractivity contribution in [2.75, 3.05) is 33.9 Å². The summed E-state index contributed by atoms with van der Waals surface area (Å²) in [6.45, 7) is 2.60. The molecule has 130 valence electrons. The van der Waals surface area contributed by atoms with Crippen molar-refractivity contribution in [2.24, 2.45) is 0 Å². The molecular weight excluding hydrogens is 311 g/mol. The third kappa shape index (κ3) is 3.27. The fraction of sp³-hybridized carbons (Fsp3) is 0.529. The van der Waals surface area contributed by atoms with Crippen LogP contribution >= 0.6 is 0 Å². The lowest BCUT2D eigenvalue weighted by Gasteiger charge is -2.33. The predicted molar refractivity (Wildman–Crippen MR) is 85.8 cm³/mol. The van der Waals surface area contributed by atoms with Gasteiger partial charge in [0.2, 0.25) is 0 Å². The van der Waals surface area contributed by atoms with Crippen molar-refractivity contribution in [3.05, 3.63) is 35.6 Å². The highest BCUT2D eigenvalue weighted by molar-refractivity contribution is 6.06. The Kier molecular flexibility index (Phi) is 4.56. The highest BCUT2D eigenvalue weighted by Gasteiger charge is 2.53. The van der Waals surface area contributed by atoms with E-state index in [1.807, 2.05) is 13.1 Å². The van der Waals surface area contributed by atoms with Crippen LogP contribution in [0.2, 0.25) is 0 Å². The zero-order valence-corrected chi connectivity index (χ0v) is 14.2. The van der Waals surface area contributed by atoms with E-state index in [-0.39, 0.29) is 24.4 Å². The number of quaternary nitrogens is 2. The first kappa shape index (κ1) is 16.9. The first-order chi connectivity index (χ1) is 11.4. The molecule has 3 rings (SSSR count). The van der Waals surface area contributed by atoms with Gasteiger partial charge in [-0.15, -0.1) is 0 Å². The Labute approximate surface area is 141 Å². The van der Waals surface area contributed by atoms with Crippen LogP contribution in [0.1, 0.15) is 18.4 Å². The summed E-state index contributed by atoms with van der Waals surface area (Å²) < 4.78 is 13.3. The number of hydrogen-bond acceptors (Lipinski definition) is 2. The molecular formula is C17H25FN4O2+2. The minimum atomic E-state index is -0.713. The molecule has 0 saturated carbocycles. The molecule has 1 spiro atoms. The maximum atomic E-state index is 13.3. The molecule has 3 amide bonds. The smallest absolute Gasteiger partial charge is 0.329 e. The molecule has 1 unspecified atom stereocenters. The Bertz CT molecular complexity index is 643. The van der Waals surface area contributed by atoms with Crippen molar-refractivity contribution in [1.29, 1.82) is 0 Å². The van der Waals surface area contributed by atoms with Gasteiger partial charge < -0.3 is 15.1 Å². The summed E-state index contributed by atoms with van der Waals surface area (Å²) in [4.78, 5) is 28.8. The molecule has 7 heteroatoms. The molecule has 2 aliphatic rings. The second-order valence-electron chi connectivity index (χ2n) is 7.12. The summed E-state index contributed by atoms with van der Waals surface area (Å²) in [7, 11) is 4.00. The van der Waals surface area contributed by atoms with E-state index in [9.17, 15) is 14.0 Å². The second-order valence-corrected chi connectivity index (χ2v) is 7.12. The molecule has 1 aromatic carbocycles. The van der Waals surface area contributed by atoms with Gasteiger partial charge in [-0.3, -0.25) is 4.79 Å². The summed E-state index contributed by atoms with van der Waals surface area (Å²) >= 11 is 0. The molecule has 2 aliphatic heterocycles. The van der Waals surface area contributed by atoms with E-state index in [1.165, 1.54) is 21.9 Å². The number of hydrogen-bond donors (Lipinski definition) is 3. The van der Waals surface area contributed by atoms with E-state index in [0.29, 0.717) is 19.4 Å². The van der Waals surface area contributed by atoms with Crippen LogP contribution < -0.4 is 15.1 Å². The third-order valence-corrected chi connectivity index (χ3v) is 5.03. The van der Waals surface area contributed by atoms with Crippen LogP contribution in [0.4, 0.5) is 9.18 Å². The van der Waals surface area contributed by atoms with Gasteiger partial charge in [0.15, 0.2) is 6.67 Å². The van der Waals surface area contributed by atoms with E-state index in [1.54, 1.807) is 6.07 Å². The van der Waals surface area contributed by atoms with Crippen molar-refractivity contribution in [2.45, 2.75) is 24.9 Å². The van der Waals surface area contributed by atoms with Gasteiger partial charge in [0.05, 0.1) is 27.2 Å². The third-order valence-electron chi connectivity index (χ3n) is 5.03. The number of nitrogens with one attached hydrogen (secondary N) is 3. The largest absolute Gasteiger partial charge is 0.337 e. The lowest BCUT2D eigenvalue weighted by atomic mass is 9.88. The van der Waals surface area contributed by atoms with Crippen molar-refractivity contribution < 1.29 is 23.8 Å². The van der Waals surface area contributed by atoms with Crippen molar-refractivity contribution in [3.8, 4) is 0 Å². The van der Waals surface area contributed by atoms with E-state index < -0.39 is 5.54 Å². The molecule has 0 aromatic heterocycles. The summed E-state index contributed by atoms with van der Waals surface area (Å²) in [5, 5.41) is 2.92. The molecule has 0 bridgehead atoms. The highest BCUT2D eigenvalue weighted by atomic mass is 19.1. The monoisotopic (exact) mass is 336 g/mol. The number of piperidine rings is 1. The standard InChI is InChI=1S/C17H23FN4O2/c1-20-8-6-17(7-9-20)15(23)22(16(24)19-17)12-21(2)11-13-4-3-5-14(18)10-13/h3-5,10H,6-9,11-12H2,1-2H3,(H,19,24)/p+2. The number of halogens is 1. The first-order valence-corrected chi connectivity index (χ1v) is 8.41. The lowest BCUT2D eigenvalue weighted by Crippen LogP contribution is -3.11. The zero-order chi connectivity index (χ0) is 17.3. The SMILES string of the molecule is C[NH+]1CCC2(CC1)NC(=O)N(C[NH+](C)Cc1cccc(F)c1)C2=O. The normalized spacial score (nSPS) is 28.3. The Balaban J connectivity index is 1.64. The molecule has 0 radical (unpaired) electrons. The van der Waals surface area contributed by atoms with Crippen LogP contribution in [-0.4, -0.2) is 56.2 Å². The number of nitrogens with zero attached hydrogens (tertiary/aromatic N) is 1. The van der Waals surface area contributed by atoms with Gasteiger partial charge in [0, 0.05) is 18.4 Å². The van der Waals surface area contributed by atoms with E-state index >= 15 is 0 Å². The first-order valence-electron chi connectivity index (χ1n) is 8.41. The number of likely N-dealkylation sites (tertiary alicyclic amines) is 1. The van der Waals surface area contributed by atoms with Crippen LogP contribution in [0.5, 0.6) is 0 Å². The molecule has 2 saturated heterocycles. The van der Waals surface area contributed by atoms with Gasteiger partial charge >= 0.3 is 6.03 Å². The fourth-order valence-corrected chi connectivity index (χ4v) is 3.58. The predicted octanol–water partition coefficient (Wildman–Crippen LogP) is -1.60. The fourth-order valence-electron chi connectivity index (χ4n) is 3.58. The molecule has 6 nitrogen and oxygen atoms in total. The molecule has 1 atom stereocenters. The minimum absolute atomic E-state index is 0.112. The van der Waals surface area contributed by atoms with E-state index in [4.69, 9.17) is 0 Å². The maximum absolute atomic E-state index is 13.3. The Hall–Kier alpha value is -1.99. The van der Waals surface area contributed by atoms with Crippen LogP contribution in [0.25, 0.3) is 0 Å². The van der Waals surface area contributed by atoms with E-state index in [2.05, 4.69) is 12.4 Å². The molecule has 3 N–H and O–H groups in total. The quantitative estimate of drug-likeness (QED) is 0.580. The van der Waals surface area contributed by atoms with Crippen molar-refractivity contribution >= 4 is 11.9 Å². The summed E-state index contributed by atoms with van der Waals surface area (Å²) in [5.41, 5.74) is 0.132. The average Bonchev–Trinajstić information content (AvgIpc) is 2.75. The van der Waals surface area contributed by atoms with Gasteiger partial charge in [-0.1, -0.05) is 12.1 Å². The lowest BCUT2D eigenvalue weighted by molar-refractivity contribution is -0.901. The van der Waals surface area contributed by atoms with Gasteiger partial charge in [0.25, 0.3) is 5.91 Å². The molecule has 0 aliphatic carbocycles. The zero-order valence-electron chi connectivity index (χ0n) is 14.2. The number of urea groups is 1. The van der Waals surface area contributed by atoms with E-state index in [0.717, 1.165) is 23.6 Å². The Morgan fingerprint density at radius 3 is 2.71 bits per heavy atom. The van der Waals surface area contributed by atoms with Gasteiger partial charge in [-0.05, 0) is 12.1 Å². The molecule has 1 aromatic rings. The molecule has 2 heterocycles. The number of carbonyl (C=O) groups excluding carboxylic acids is 2. The number of benzene rings is 1. The molecule has 2 fully saturated rings. The van der Waals surface area contributed by atoms with Crippen molar-refractivity contribution in [3.63, 3.8) is 0 Å². The topological polar surface area (TPSA) is 58.3 Å². The summed E-state index contributed by atoms with van der Waals surface area (Å²) in [6, 6.07) is 6.10. The van der Waals surface area contributed by atoms with Crippen LogP contribution in [-0.2, 0) is 11.3 Å². The Morgan fingerprint density at radius 1 is 1.33 bits per heavy atom. The summed E-state index contributed by atoms with van der Waals surface area (Å²) in [5.74, 6) is -0.387. The molecule has 24 heavy (non-hydrogen) atoms. The summed E-state index contributed by atoms with van der Waals surface area (Å²) in [6.07, 6.45) is 1.37. The highest BCUT2D eigenvalue weighted by Crippen LogP contribution is 2.25. The van der Waals surface area contributed by atoms with Crippen LogP contribution in [0.3, 0.4) is 0 Å². The number of carbonyl (C=O) groups is 2. The average molecular weight is 336 g/mol. The van der Waals surface area contributed by atoms with Crippen molar-refractivity contribution in [1.82, 2.24) is 10.2 Å². The number of amides is 3. The maximum Gasteiger partial charge on any atom is 0.329 e. The van der Waals surface area contributed by atoms with Crippen LogP contribution in [0.15, 0.2) is 24.3 Å². The van der Waals surface area contributed by atoms with Gasteiger partial charge in [-0.2, -0.15) is 0 Å². The van der Waals surface area contributed by atoms with Gasteiger partial charge in [0.1, 0.15) is 17.9 Å². The van der Waals surface area contributed by atoms with Crippen LogP contribution in [0, 0.1) is 5.82 Å². The number of rotatable bonds is 4. The van der Waals surface area contributed by atoms with Gasteiger partial charge in [-0.25, -0.2) is 14.1 Å². The number of imide groups is 1. The second kappa shape index (κ2) is 6.49.